The Morgan fingerprint density at radius 3 is 2.75 bits per heavy atom. The predicted octanol–water partition coefficient (Wildman–Crippen LogP) is 4.05. The topological polar surface area (TPSA) is 68.0 Å². The Kier molecular flexibility index (Phi) is 5.19. The van der Waals surface area contributed by atoms with E-state index in [2.05, 4.69) is 38.0 Å². The van der Waals surface area contributed by atoms with Crippen molar-refractivity contribution in [2.24, 2.45) is 0 Å². The predicted molar refractivity (Wildman–Crippen MR) is 95.8 cm³/mol. The molecule has 1 N–H and O–H groups in total. The number of aromatic nitrogens is 2. The fraction of sp³-hybridized carbons (Fsp3) is 0.118. The molecule has 1 aromatic heterocycles. The molecule has 0 spiro atoms. The van der Waals surface area contributed by atoms with Crippen molar-refractivity contribution in [1.82, 2.24) is 10.1 Å². The van der Waals surface area contributed by atoms with E-state index in [1.807, 2.05) is 24.3 Å². The maximum atomic E-state index is 12.9. The van der Waals surface area contributed by atoms with Gasteiger partial charge in [-0.15, -0.1) is 0 Å². The van der Waals surface area contributed by atoms with Crippen LogP contribution in [0.15, 0.2) is 53.1 Å². The molecule has 7 heteroatoms. The first-order chi connectivity index (χ1) is 11.6. The van der Waals surface area contributed by atoms with E-state index in [4.69, 9.17) is 4.52 Å². The van der Waals surface area contributed by atoms with Gasteiger partial charge in [-0.05, 0) is 65.1 Å². The van der Waals surface area contributed by atoms with E-state index in [1.54, 1.807) is 12.1 Å². The van der Waals surface area contributed by atoms with Gasteiger partial charge in [-0.1, -0.05) is 11.2 Å². The zero-order chi connectivity index (χ0) is 16.9. The molecular weight excluding hydrogens is 424 g/mol. The first-order valence-electron chi connectivity index (χ1n) is 7.24. The summed E-state index contributed by atoms with van der Waals surface area (Å²) in [5, 5.41) is 6.67. The van der Waals surface area contributed by atoms with E-state index in [0.29, 0.717) is 23.7 Å². The highest BCUT2D eigenvalue weighted by Crippen LogP contribution is 2.17. The van der Waals surface area contributed by atoms with E-state index in [0.717, 1.165) is 9.26 Å². The number of halogens is 2. The van der Waals surface area contributed by atoms with Gasteiger partial charge in [0.15, 0.2) is 0 Å². The summed E-state index contributed by atoms with van der Waals surface area (Å²) in [6, 6.07) is 13.4. The fourth-order valence-electron chi connectivity index (χ4n) is 2.08. The third-order valence-corrected chi connectivity index (χ3v) is 3.92. The zero-order valence-corrected chi connectivity index (χ0v) is 14.7. The van der Waals surface area contributed by atoms with Crippen LogP contribution < -0.4 is 5.32 Å². The van der Waals surface area contributed by atoms with Gasteiger partial charge in [0.05, 0.1) is 0 Å². The second kappa shape index (κ2) is 7.52. The number of hydrogen-bond acceptors (Lipinski definition) is 4. The number of anilines is 1. The first-order valence-corrected chi connectivity index (χ1v) is 8.32. The largest absolute Gasteiger partial charge is 0.339 e. The SMILES string of the molecule is O=C(CCc1nc(-c2ccc(F)cc2)no1)Nc1cccc(I)c1. The number of rotatable bonds is 5. The van der Waals surface area contributed by atoms with Crippen LogP contribution in [0.25, 0.3) is 11.4 Å². The molecule has 0 fully saturated rings. The Labute approximate surface area is 151 Å². The van der Waals surface area contributed by atoms with Gasteiger partial charge in [-0.2, -0.15) is 4.98 Å². The van der Waals surface area contributed by atoms with Crippen molar-refractivity contribution in [3.63, 3.8) is 0 Å². The molecule has 0 aliphatic heterocycles. The Morgan fingerprint density at radius 2 is 2.00 bits per heavy atom. The number of nitrogens with one attached hydrogen (secondary N) is 1. The van der Waals surface area contributed by atoms with Crippen molar-refractivity contribution >= 4 is 34.2 Å². The van der Waals surface area contributed by atoms with Crippen molar-refractivity contribution in [2.75, 3.05) is 5.32 Å². The molecule has 0 aliphatic rings. The van der Waals surface area contributed by atoms with Crippen LogP contribution in [0.2, 0.25) is 0 Å². The molecule has 0 atom stereocenters. The van der Waals surface area contributed by atoms with Gasteiger partial charge >= 0.3 is 0 Å². The summed E-state index contributed by atoms with van der Waals surface area (Å²) in [5.41, 5.74) is 1.42. The van der Waals surface area contributed by atoms with Gasteiger partial charge in [-0.3, -0.25) is 4.79 Å². The summed E-state index contributed by atoms with van der Waals surface area (Å²) in [5.74, 6) is 0.295. The van der Waals surface area contributed by atoms with E-state index in [1.165, 1.54) is 12.1 Å². The Balaban J connectivity index is 1.57. The summed E-state index contributed by atoms with van der Waals surface area (Å²) in [6.07, 6.45) is 0.570. The fourth-order valence-corrected chi connectivity index (χ4v) is 2.63. The average Bonchev–Trinajstić information content (AvgIpc) is 3.03. The van der Waals surface area contributed by atoms with Crippen molar-refractivity contribution in [3.05, 3.63) is 63.8 Å². The van der Waals surface area contributed by atoms with E-state index < -0.39 is 0 Å². The lowest BCUT2D eigenvalue weighted by Gasteiger charge is -2.04. The number of carbonyl (C=O) groups is 1. The second-order valence-corrected chi connectivity index (χ2v) is 6.32. The van der Waals surface area contributed by atoms with E-state index in [9.17, 15) is 9.18 Å². The Hall–Kier alpha value is -2.29. The van der Waals surface area contributed by atoms with Crippen LogP contribution >= 0.6 is 22.6 Å². The minimum atomic E-state index is -0.324. The number of carbonyl (C=O) groups excluding carboxylic acids is 1. The average molecular weight is 437 g/mol. The molecule has 1 heterocycles. The standard InChI is InChI=1S/C17H13FIN3O2/c18-12-6-4-11(5-7-12)17-21-16(24-22-17)9-8-15(23)20-14-3-1-2-13(19)10-14/h1-7,10H,8-9H2,(H,20,23). The van der Waals surface area contributed by atoms with Gasteiger partial charge in [0.2, 0.25) is 17.6 Å². The van der Waals surface area contributed by atoms with Crippen molar-refractivity contribution in [3.8, 4) is 11.4 Å². The first kappa shape index (κ1) is 16.6. The molecule has 3 aromatic rings. The number of amides is 1. The van der Waals surface area contributed by atoms with Crippen LogP contribution in [0.1, 0.15) is 12.3 Å². The number of benzene rings is 2. The summed E-state index contributed by atoms with van der Waals surface area (Å²) < 4.78 is 19.1. The molecular formula is C17H13FIN3O2. The van der Waals surface area contributed by atoms with Crippen LogP contribution in [0.3, 0.4) is 0 Å². The minimum absolute atomic E-state index is 0.126. The van der Waals surface area contributed by atoms with Gasteiger partial charge in [-0.25, -0.2) is 4.39 Å². The Bertz CT molecular complexity index is 849. The van der Waals surface area contributed by atoms with E-state index in [-0.39, 0.29) is 18.1 Å². The molecule has 0 saturated heterocycles. The maximum absolute atomic E-state index is 12.9. The molecule has 122 valence electrons. The number of aryl methyl sites for hydroxylation is 1. The van der Waals surface area contributed by atoms with Crippen LogP contribution in [-0.4, -0.2) is 16.0 Å². The monoisotopic (exact) mass is 437 g/mol. The molecule has 0 aliphatic carbocycles. The third-order valence-electron chi connectivity index (χ3n) is 3.24. The Morgan fingerprint density at radius 1 is 1.21 bits per heavy atom. The summed E-state index contributed by atoms with van der Waals surface area (Å²) in [4.78, 5) is 16.2. The summed E-state index contributed by atoms with van der Waals surface area (Å²) in [7, 11) is 0. The van der Waals surface area contributed by atoms with Crippen molar-refractivity contribution in [1.29, 1.82) is 0 Å². The quantitative estimate of drug-likeness (QED) is 0.612. The van der Waals surface area contributed by atoms with Gasteiger partial charge in [0.25, 0.3) is 0 Å². The molecule has 0 unspecified atom stereocenters. The third kappa shape index (κ3) is 4.38. The molecule has 2 aromatic carbocycles. The second-order valence-electron chi connectivity index (χ2n) is 5.08. The molecule has 3 rings (SSSR count). The highest BCUT2D eigenvalue weighted by atomic mass is 127. The van der Waals surface area contributed by atoms with Crippen LogP contribution in [0.4, 0.5) is 10.1 Å². The minimum Gasteiger partial charge on any atom is -0.339 e. The molecule has 0 bridgehead atoms. The normalized spacial score (nSPS) is 10.6. The number of nitrogens with zero attached hydrogens (tertiary/aromatic N) is 2. The van der Waals surface area contributed by atoms with Crippen LogP contribution in [-0.2, 0) is 11.2 Å². The van der Waals surface area contributed by atoms with Crippen molar-refractivity contribution in [2.45, 2.75) is 12.8 Å². The molecule has 5 nitrogen and oxygen atoms in total. The zero-order valence-electron chi connectivity index (χ0n) is 12.5. The van der Waals surface area contributed by atoms with Gasteiger partial charge in [0, 0.05) is 27.7 Å². The van der Waals surface area contributed by atoms with E-state index >= 15 is 0 Å². The van der Waals surface area contributed by atoms with Gasteiger partial charge < -0.3 is 9.84 Å². The lowest BCUT2D eigenvalue weighted by molar-refractivity contribution is -0.116. The number of hydrogen-bond donors (Lipinski definition) is 1. The molecule has 1 amide bonds. The van der Waals surface area contributed by atoms with Crippen LogP contribution in [0.5, 0.6) is 0 Å². The highest BCUT2D eigenvalue weighted by molar-refractivity contribution is 14.1. The van der Waals surface area contributed by atoms with Crippen LogP contribution in [0, 0.1) is 9.39 Å². The summed E-state index contributed by atoms with van der Waals surface area (Å²) >= 11 is 2.19. The lowest BCUT2D eigenvalue weighted by atomic mass is 10.2. The maximum Gasteiger partial charge on any atom is 0.227 e. The smallest absolute Gasteiger partial charge is 0.227 e. The van der Waals surface area contributed by atoms with Gasteiger partial charge in [0.1, 0.15) is 5.82 Å². The molecule has 0 radical (unpaired) electrons. The lowest BCUT2D eigenvalue weighted by Crippen LogP contribution is -2.12. The van der Waals surface area contributed by atoms with Crippen molar-refractivity contribution < 1.29 is 13.7 Å². The summed E-state index contributed by atoms with van der Waals surface area (Å²) in [6.45, 7) is 0. The molecule has 24 heavy (non-hydrogen) atoms. The molecule has 0 saturated carbocycles. The highest BCUT2D eigenvalue weighted by Gasteiger charge is 2.11.